The maximum atomic E-state index is 12.9. The van der Waals surface area contributed by atoms with Crippen molar-refractivity contribution in [2.24, 2.45) is 0 Å². The van der Waals surface area contributed by atoms with Crippen LogP contribution in [-0.4, -0.2) is 68.9 Å². The molecule has 0 aromatic heterocycles. The zero-order valence-corrected chi connectivity index (χ0v) is 23.7. The molecule has 206 valence electrons. The molecule has 0 bridgehead atoms. The van der Waals surface area contributed by atoms with Crippen LogP contribution in [0.5, 0.6) is 0 Å². The fourth-order valence-corrected chi connectivity index (χ4v) is 6.57. The minimum absolute atomic E-state index is 0.0155. The average Bonchev–Trinajstić information content (AvgIpc) is 3.33. The van der Waals surface area contributed by atoms with E-state index in [1.54, 1.807) is 9.80 Å². The van der Waals surface area contributed by atoms with Gasteiger partial charge in [-0.3, -0.25) is 13.8 Å². The quantitative estimate of drug-likeness (QED) is 0.422. The second-order valence-electron chi connectivity index (χ2n) is 10.1. The Labute approximate surface area is 234 Å². The fourth-order valence-electron chi connectivity index (χ4n) is 5.03. The second kappa shape index (κ2) is 12.4. The van der Waals surface area contributed by atoms with Crippen LogP contribution in [0, 0.1) is 6.92 Å². The molecule has 2 aromatic carbocycles. The molecule has 5 nitrogen and oxygen atoms in total. The number of amides is 2. The number of hydrogen-bond acceptors (Lipinski definition) is 3. The minimum Gasteiger partial charge on any atom is -0.340 e. The summed E-state index contributed by atoms with van der Waals surface area (Å²) in [6, 6.07) is 11.2. The number of hydrogen-bond donors (Lipinski definition) is 0. The number of halogens is 4. The maximum Gasteiger partial charge on any atom is 0.253 e. The van der Waals surface area contributed by atoms with E-state index in [-0.39, 0.29) is 30.7 Å². The van der Waals surface area contributed by atoms with E-state index >= 15 is 0 Å². The molecule has 2 aliphatic heterocycles. The van der Waals surface area contributed by atoms with Gasteiger partial charge in [0.05, 0.1) is 0 Å². The summed E-state index contributed by atoms with van der Waals surface area (Å²) >= 11 is 12.4. The molecule has 3 fully saturated rings. The van der Waals surface area contributed by atoms with E-state index in [9.17, 15) is 22.6 Å². The van der Waals surface area contributed by atoms with Crippen molar-refractivity contribution < 1.29 is 22.6 Å². The van der Waals surface area contributed by atoms with Gasteiger partial charge in [-0.1, -0.05) is 35.3 Å². The Morgan fingerprint density at radius 3 is 2.08 bits per heavy atom. The molecule has 0 N–H and O–H groups in total. The highest BCUT2D eigenvalue weighted by Gasteiger charge is 2.39. The van der Waals surface area contributed by atoms with Crippen molar-refractivity contribution in [3.05, 3.63) is 57.6 Å². The summed E-state index contributed by atoms with van der Waals surface area (Å²) < 4.78 is 37.1. The smallest absolute Gasteiger partial charge is 0.253 e. The molecule has 2 heterocycles. The lowest BCUT2D eigenvalue weighted by Crippen LogP contribution is -2.41. The van der Waals surface area contributed by atoms with Gasteiger partial charge in [-0.05, 0) is 67.1 Å². The molecule has 2 amide bonds. The monoisotopic (exact) mass is 584 g/mol. The standard InChI is InChI=1S/C18H17Cl2NO2S.C10H15F2NO/c1-12-16(19)10-15(11-17(12)20)13-2-4-14(5-3-13)18(22)21-6-8-24(23)9-7-21;11-10(12)5-3-8(4-6-10)13-7-1-2-9(13)14/h2-5,10-11H,6-9H2,1H3;8H,1-7H2. The molecule has 0 spiro atoms. The number of rotatable bonds is 3. The van der Waals surface area contributed by atoms with Gasteiger partial charge in [0.25, 0.3) is 5.91 Å². The number of carbonyl (C=O) groups is 2. The molecule has 1 aliphatic carbocycles. The molecule has 10 heteroatoms. The molecular weight excluding hydrogens is 553 g/mol. The van der Waals surface area contributed by atoms with Crippen LogP contribution in [0.3, 0.4) is 0 Å². The maximum absolute atomic E-state index is 12.9. The third kappa shape index (κ3) is 7.13. The van der Waals surface area contributed by atoms with Crippen LogP contribution in [0.4, 0.5) is 8.78 Å². The van der Waals surface area contributed by atoms with Crippen molar-refractivity contribution in [2.75, 3.05) is 31.1 Å². The third-order valence-corrected chi connectivity index (χ3v) is 9.51. The predicted molar refractivity (Wildman–Crippen MR) is 149 cm³/mol. The molecule has 0 atom stereocenters. The summed E-state index contributed by atoms with van der Waals surface area (Å²) in [5.74, 6) is -1.23. The molecule has 3 aliphatic rings. The van der Waals surface area contributed by atoms with Crippen molar-refractivity contribution in [1.82, 2.24) is 9.80 Å². The van der Waals surface area contributed by atoms with Crippen LogP contribution in [0.15, 0.2) is 36.4 Å². The van der Waals surface area contributed by atoms with Gasteiger partial charge in [0.15, 0.2) is 0 Å². The summed E-state index contributed by atoms with van der Waals surface area (Å²) in [4.78, 5) is 27.4. The van der Waals surface area contributed by atoms with Crippen LogP contribution in [-0.2, 0) is 15.6 Å². The van der Waals surface area contributed by atoms with Crippen LogP contribution in [0.2, 0.25) is 10.0 Å². The van der Waals surface area contributed by atoms with E-state index in [0.29, 0.717) is 59.5 Å². The Bertz CT molecular complexity index is 1170. The molecule has 1 saturated carbocycles. The average molecular weight is 586 g/mol. The van der Waals surface area contributed by atoms with Gasteiger partial charge >= 0.3 is 0 Å². The Morgan fingerprint density at radius 1 is 0.974 bits per heavy atom. The topological polar surface area (TPSA) is 57.7 Å². The lowest BCUT2D eigenvalue weighted by molar-refractivity contribution is -0.132. The SMILES string of the molecule is Cc1c(Cl)cc(-c2ccc(C(=O)N3CCS(=O)CC3)cc2)cc1Cl.O=C1CCCN1C1CCC(F)(F)CC1. The summed E-state index contributed by atoms with van der Waals surface area (Å²) in [6.45, 7) is 3.75. The van der Waals surface area contributed by atoms with Crippen molar-refractivity contribution >= 4 is 45.8 Å². The van der Waals surface area contributed by atoms with E-state index in [2.05, 4.69) is 0 Å². The molecule has 0 radical (unpaired) electrons. The minimum atomic E-state index is -2.49. The van der Waals surface area contributed by atoms with Crippen LogP contribution in [0.25, 0.3) is 11.1 Å². The van der Waals surface area contributed by atoms with Gasteiger partial charge < -0.3 is 9.80 Å². The molecule has 2 saturated heterocycles. The lowest BCUT2D eigenvalue weighted by atomic mass is 9.91. The number of nitrogens with zero attached hydrogens (tertiary/aromatic N) is 2. The van der Waals surface area contributed by atoms with E-state index in [0.717, 1.165) is 29.7 Å². The number of likely N-dealkylation sites (tertiary alicyclic amines) is 1. The molecule has 0 unspecified atom stereocenters. The molecular formula is C28H32Cl2F2N2O3S. The highest BCUT2D eigenvalue weighted by Crippen LogP contribution is 2.36. The molecule has 38 heavy (non-hydrogen) atoms. The van der Waals surface area contributed by atoms with Gasteiger partial charge in [0, 0.05) is 82.9 Å². The van der Waals surface area contributed by atoms with E-state index in [1.165, 1.54) is 0 Å². The van der Waals surface area contributed by atoms with Crippen LogP contribution >= 0.6 is 23.2 Å². The number of alkyl halides is 2. The Morgan fingerprint density at radius 2 is 1.55 bits per heavy atom. The second-order valence-corrected chi connectivity index (χ2v) is 12.6. The first kappa shape index (κ1) is 29.0. The van der Waals surface area contributed by atoms with Crippen LogP contribution in [0.1, 0.15) is 54.4 Å². The van der Waals surface area contributed by atoms with Crippen molar-refractivity contribution in [3.63, 3.8) is 0 Å². The van der Waals surface area contributed by atoms with E-state index in [4.69, 9.17) is 23.2 Å². The summed E-state index contributed by atoms with van der Waals surface area (Å²) in [5, 5.41) is 1.25. The third-order valence-electron chi connectivity index (χ3n) is 7.45. The summed E-state index contributed by atoms with van der Waals surface area (Å²) in [5.41, 5.74) is 3.37. The highest BCUT2D eigenvalue weighted by molar-refractivity contribution is 7.85. The van der Waals surface area contributed by atoms with E-state index < -0.39 is 16.7 Å². The van der Waals surface area contributed by atoms with Crippen molar-refractivity contribution in [2.45, 2.75) is 57.4 Å². The zero-order chi connectivity index (χ0) is 27.4. The largest absolute Gasteiger partial charge is 0.340 e. The lowest BCUT2D eigenvalue weighted by Gasteiger charge is -2.34. The van der Waals surface area contributed by atoms with Crippen LogP contribution < -0.4 is 0 Å². The van der Waals surface area contributed by atoms with Gasteiger partial charge in [-0.2, -0.15) is 0 Å². The van der Waals surface area contributed by atoms with Gasteiger partial charge in [-0.15, -0.1) is 0 Å². The van der Waals surface area contributed by atoms with E-state index in [1.807, 2.05) is 43.3 Å². The normalized spacial score (nSPS) is 20.3. The first-order chi connectivity index (χ1) is 18.0. The number of benzene rings is 2. The first-order valence-electron chi connectivity index (χ1n) is 12.9. The Hall–Kier alpha value is -2.03. The highest BCUT2D eigenvalue weighted by atomic mass is 35.5. The zero-order valence-electron chi connectivity index (χ0n) is 21.4. The van der Waals surface area contributed by atoms with Crippen molar-refractivity contribution in [1.29, 1.82) is 0 Å². The summed E-state index contributed by atoms with van der Waals surface area (Å²) in [6.07, 6.45) is 2.33. The Kier molecular flexibility index (Phi) is 9.48. The Balaban J connectivity index is 0.000000204. The molecule has 5 rings (SSSR count). The van der Waals surface area contributed by atoms with Crippen molar-refractivity contribution in [3.8, 4) is 11.1 Å². The molecule has 2 aromatic rings. The van der Waals surface area contributed by atoms with Gasteiger partial charge in [-0.25, -0.2) is 8.78 Å². The van der Waals surface area contributed by atoms with Gasteiger partial charge in [0.1, 0.15) is 0 Å². The van der Waals surface area contributed by atoms with Gasteiger partial charge in [0.2, 0.25) is 11.8 Å². The number of carbonyl (C=O) groups excluding carboxylic acids is 2. The first-order valence-corrected chi connectivity index (χ1v) is 15.2. The fraction of sp³-hybridized carbons (Fsp3) is 0.500. The predicted octanol–water partition coefficient (Wildman–Crippen LogP) is 6.36. The summed E-state index contributed by atoms with van der Waals surface area (Å²) in [7, 11) is -0.788.